The zero-order valence-electron chi connectivity index (χ0n) is 10.5. The number of hydrogen-bond acceptors (Lipinski definition) is 4. The first-order valence-electron chi connectivity index (χ1n) is 5.51. The van der Waals surface area contributed by atoms with Gasteiger partial charge in [0, 0.05) is 12.7 Å². The van der Waals surface area contributed by atoms with E-state index in [9.17, 15) is 18.4 Å². The fourth-order valence-electron chi connectivity index (χ4n) is 1.40. The van der Waals surface area contributed by atoms with Gasteiger partial charge in [-0.15, -0.1) is 0 Å². The van der Waals surface area contributed by atoms with Crippen LogP contribution in [0, 0.1) is 0 Å². The van der Waals surface area contributed by atoms with Crippen LogP contribution in [0.15, 0.2) is 24.3 Å². The summed E-state index contributed by atoms with van der Waals surface area (Å²) < 4.78 is 32.9. The Morgan fingerprint density at radius 3 is 2.65 bits per heavy atom. The predicted octanol–water partition coefficient (Wildman–Crippen LogP) is 1.12. The highest BCUT2D eigenvalue weighted by atomic mass is 19.3. The van der Waals surface area contributed by atoms with Crippen LogP contribution >= 0.6 is 0 Å². The quantitative estimate of drug-likeness (QED) is 0.785. The van der Waals surface area contributed by atoms with Crippen LogP contribution in [0.5, 0.6) is 5.75 Å². The summed E-state index contributed by atoms with van der Waals surface area (Å²) in [5.74, 6) is -2.18. The van der Waals surface area contributed by atoms with Gasteiger partial charge in [0.25, 0.3) is 5.91 Å². The van der Waals surface area contributed by atoms with E-state index in [4.69, 9.17) is 5.11 Å². The van der Waals surface area contributed by atoms with Crippen molar-refractivity contribution in [3.8, 4) is 5.75 Å². The molecule has 0 aliphatic heterocycles. The van der Waals surface area contributed by atoms with E-state index in [1.807, 2.05) is 0 Å². The number of carbonyl (C=O) groups excluding carboxylic acids is 1. The molecule has 20 heavy (non-hydrogen) atoms. The summed E-state index contributed by atoms with van der Waals surface area (Å²) in [5, 5.41) is 11.1. The molecule has 1 unspecified atom stereocenters. The average Bonchev–Trinajstić information content (AvgIpc) is 2.37. The standard InChI is InChI=1S/C12H13F2NO5/c1-19-6-9(11(17)18)15-10(16)7-3-2-4-8(5-7)20-12(13)14/h2-5,9,12H,6H2,1H3,(H,15,16)(H,17,18). The van der Waals surface area contributed by atoms with Crippen molar-refractivity contribution in [2.24, 2.45) is 0 Å². The minimum Gasteiger partial charge on any atom is -0.480 e. The van der Waals surface area contributed by atoms with Crippen molar-refractivity contribution in [1.29, 1.82) is 0 Å². The number of hydrogen-bond donors (Lipinski definition) is 2. The SMILES string of the molecule is COCC(NC(=O)c1cccc(OC(F)F)c1)C(=O)O. The maximum Gasteiger partial charge on any atom is 0.387 e. The molecule has 1 rings (SSSR count). The molecule has 2 N–H and O–H groups in total. The van der Waals surface area contributed by atoms with E-state index >= 15 is 0 Å². The van der Waals surface area contributed by atoms with Crippen LogP contribution < -0.4 is 10.1 Å². The Labute approximate surface area is 113 Å². The monoisotopic (exact) mass is 289 g/mol. The molecule has 0 radical (unpaired) electrons. The van der Waals surface area contributed by atoms with Crippen LogP contribution in [0.25, 0.3) is 0 Å². The van der Waals surface area contributed by atoms with Crippen molar-refractivity contribution in [3.63, 3.8) is 0 Å². The van der Waals surface area contributed by atoms with Crippen molar-refractivity contribution in [2.45, 2.75) is 12.7 Å². The molecule has 8 heteroatoms. The summed E-state index contributed by atoms with van der Waals surface area (Å²) in [6.07, 6.45) is 0. The molecule has 0 bridgehead atoms. The van der Waals surface area contributed by atoms with Crippen LogP contribution in [0.4, 0.5) is 8.78 Å². The van der Waals surface area contributed by atoms with Crippen molar-refractivity contribution in [2.75, 3.05) is 13.7 Å². The first kappa shape index (κ1) is 15.8. The number of carboxylic acid groups (broad SMARTS) is 1. The lowest BCUT2D eigenvalue weighted by Crippen LogP contribution is -2.43. The lowest BCUT2D eigenvalue weighted by atomic mass is 10.2. The van der Waals surface area contributed by atoms with Crippen LogP contribution in [0.3, 0.4) is 0 Å². The molecule has 0 heterocycles. The van der Waals surface area contributed by atoms with Gasteiger partial charge in [-0.3, -0.25) is 4.79 Å². The largest absolute Gasteiger partial charge is 0.480 e. The number of halogens is 2. The number of carboxylic acids is 1. The van der Waals surface area contributed by atoms with E-state index < -0.39 is 24.5 Å². The normalized spacial score (nSPS) is 12.0. The Kier molecular flexibility index (Phi) is 5.85. The third-order valence-corrected chi connectivity index (χ3v) is 2.26. The van der Waals surface area contributed by atoms with Crippen LogP contribution in [0.2, 0.25) is 0 Å². The highest BCUT2D eigenvalue weighted by Gasteiger charge is 2.20. The second-order valence-electron chi connectivity index (χ2n) is 3.73. The number of rotatable bonds is 7. The molecular formula is C12H13F2NO5. The summed E-state index contributed by atoms with van der Waals surface area (Å²) in [6.45, 7) is -3.22. The second-order valence-corrected chi connectivity index (χ2v) is 3.73. The molecule has 1 atom stereocenters. The molecule has 0 spiro atoms. The van der Waals surface area contributed by atoms with Crippen molar-refractivity contribution >= 4 is 11.9 Å². The van der Waals surface area contributed by atoms with Gasteiger partial charge in [-0.05, 0) is 18.2 Å². The van der Waals surface area contributed by atoms with Crippen molar-refractivity contribution < 1.29 is 33.0 Å². The van der Waals surface area contributed by atoms with E-state index in [1.54, 1.807) is 0 Å². The number of amides is 1. The van der Waals surface area contributed by atoms with Crippen LogP contribution in [0.1, 0.15) is 10.4 Å². The summed E-state index contributed by atoms with van der Waals surface area (Å²) in [4.78, 5) is 22.6. The van der Waals surface area contributed by atoms with E-state index in [0.29, 0.717) is 0 Å². The molecule has 0 saturated heterocycles. The molecule has 1 aromatic rings. The molecule has 1 aromatic carbocycles. The maximum absolute atomic E-state index is 12.1. The zero-order valence-corrected chi connectivity index (χ0v) is 10.5. The Hall–Kier alpha value is -2.22. The van der Waals surface area contributed by atoms with Crippen LogP contribution in [-0.4, -0.2) is 43.4 Å². The number of alkyl halides is 2. The molecule has 0 aliphatic rings. The Balaban J connectivity index is 2.78. The molecule has 1 amide bonds. The van der Waals surface area contributed by atoms with Crippen molar-refractivity contribution in [3.05, 3.63) is 29.8 Å². The van der Waals surface area contributed by atoms with Crippen molar-refractivity contribution in [1.82, 2.24) is 5.32 Å². The van der Waals surface area contributed by atoms with Gasteiger partial charge in [0.05, 0.1) is 6.61 Å². The minimum atomic E-state index is -3.01. The number of nitrogens with one attached hydrogen (secondary N) is 1. The molecule has 0 aromatic heterocycles. The van der Waals surface area contributed by atoms with E-state index in [-0.39, 0.29) is 17.9 Å². The summed E-state index contributed by atoms with van der Waals surface area (Å²) >= 11 is 0. The molecule has 110 valence electrons. The van der Waals surface area contributed by atoms with Gasteiger partial charge < -0.3 is 19.9 Å². The van der Waals surface area contributed by atoms with E-state index in [1.165, 1.54) is 25.3 Å². The van der Waals surface area contributed by atoms with Gasteiger partial charge in [0.15, 0.2) is 6.04 Å². The minimum absolute atomic E-state index is 0.00510. The van der Waals surface area contributed by atoms with Gasteiger partial charge in [0.2, 0.25) is 0 Å². The highest BCUT2D eigenvalue weighted by molar-refractivity contribution is 5.96. The molecule has 0 aliphatic carbocycles. The molecule has 6 nitrogen and oxygen atoms in total. The Bertz CT molecular complexity index is 481. The van der Waals surface area contributed by atoms with Gasteiger partial charge >= 0.3 is 12.6 Å². The third kappa shape index (κ3) is 4.81. The van der Waals surface area contributed by atoms with E-state index in [2.05, 4.69) is 14.8 Å². The van der Waals surface area contributed by atoms with Gasteiger partial charge in [-0.25, -0.2) is 4.79 Å². The topological polar surface area (TPSA) is 84.9 Å². The number of benzene rings is 1. The molecule has 0 fully saturated rings. The second kappa shape index (κ2) is 7.39. The Morgan fingerprint density at radius 2 is 2.10 bits per heavy atom. The smallest absolute Gasteiger partial charge is 0.387 e. The van der Waals surface area contributed by atoms with Crippen LogP contribution in [-0.2, 0) is 9.53 Å². The first-order chi connectivity index (χ1) is 9.43. The molecule has 0 saturated carbocycles. The van der Waals surface area contributed by atoms with E-state index in [0.717, 1.165) is 6.07 Å². The predicted molar refractivity (Wildman–Crippen MR) is 63.8 cm³/mol. The van der Waals surface area contributed by atoms with Gasteiger partial charge in [-0.2, -0.15) is 8.78 Å². The number of ether oxygens (including phenoxy) is 2. The highest BCUT2D eigenvalue weighted by Crippen LogP contribution is 2.16. The Morgan fingerprint density at radius 1 is 1.40 bits per heavy atom. The zero-order chi connectivity index (χ0) is 15.1. The van der Waals surface area contributed by atoms with Gasteiger partial charge in [-0.1, -0.05) is 6.07 Å². The lowest BCUT2D eigenvalue weighted by Gasteiger charge is -2.13. The fourth-order valence-corrected chi connectivity index (χ4v) is 1.40. The summed E-state index contributed by atoms with van der Waals surface area (Å²) in [7, 11) is 1.29. The van der Waals surface area contributed by atoms with Gasteiger partial charge in [0.1, 0.15) is 5.75 Å². The number of aliphatic carboxylic acids is 1. The number of methoxy groups -OCH3 is 1. The summed E-state index contributed by atoms with van der Waals surface area (Å²) in [6, 6.07) is 3.81. The lowest BCUT2D eigenvalue weighted by molar-refractivity contribution is -0.140. The summed E-state index contributed by atoms with van der Waals surface area (Å²) in [5.41, 5.74) is 0.00510. The average molecular weight is 289 g/mol. The first-order valence-corrected chi connectivity index (χ1v) is 5.51. The number of carbonyl (C=O) groups is 2. The third-order valence-electron chi connectivity index (χ3n) is 2.26. The maximum atomic E-state index is 12.1. The molecular weight excluding hydrogens is 276 g/mol. The fraction of sp³-hybridized carbons (Fsp3) is 0.333.